The summed E-state index contributed by atoms with van der Waals surface area (Å²) in [6.07, 6.45) is 2.81. The Morgan fingerprint density at radius 1 is 1.18 bits per heavy atom. The normalized spacial score (nSPS) is 20.9. The van der Waals surface area contributed by atoms with Gasteiger partial charge in [0.2, 0.25) is 9.05 Å². The molecule has 0 bridgehead atoms. The first-order valence-corrected chi connectivity index (χ1v) is 8.07. The Hall–Kier alpha value is -0.290. The summed E-state index contributed by atoms with van der Waals surface area (Å²) in [5.41, 5.74) is -0.705. The lowest BCUT2D eigenvalue weighted by molar-refractivity contribution is -0.159. The van der Waals surface area contributed by atoms with E-state index in [1.54, 1.807) is 20.8 Å². The van der Waals surface area contributed by atoms with Crippen LogP contribution < -0.4 is 0 Å². The molecule has 100 valence electrons. The minimum absolute atomic E-state index is 0.258. The van der Waals surface area contributed by atoms with E-state index in [0.29, 0.717) is 12.8 Å². The molecule has 0 aromatic heterocycles. The second-order valence-electron chi connectivity index (χ2n) is 5.49. The SMILES string of the molecule is CC(C)(C)OC(=O)C1(S(=O)(=O)Cl)CCCCC1. The van der Waals surface area contributed by atoms with Gasteiger partial charge in [0.05, 0.1) is 0 Å². The van der Waals surface area contributed by atoms with Crippen molar-refractivity contribution in [2.75, 3.05) is 0 Å². The van der Waals surface area contributed by atoms with Gasteiger partial charge in [-0.3, -0.25) is 4.79 Å². The number of ether oxygens (including phenoxy) is 1. The van der Waals surface area contributed by atoms with Gasteiger partial charge in [-0.25, -0.2) is 8.42 Å². The highest BCUT2D eigenvalue weighted by molar-refractivity contribution is 8.15. The van der Waals surface area contributed by atoms with Crippen LogP contribution in [-0.2, 0) is 18.6 Å². The summed E-state index contributed by atoms with van der Waals surface area (Å²) < 4.78 is 27.1. The van der Waals surface area contributed by atoms with Crippen LogP contribution in [0, 0.1) is 0 Å². The fraction of sp³-hybridized carbons (Fsp3) is 0.909. The van der Waals surface area contributed by atoms with Crippen molar-refractivity contribution in [2.24, 2.45) is 0 Å². The van der Waals surface area contributed by atoms with Crippen LogP contribution in [-0.4, -0.2) is 24.7 Å². The summed E-state index contributed by atoms with van der Waals surface area (Å²) >= 11 is 0. The molecule has 0 saturated heterocycles. The molecule has 0 heterocycles. The topological polar surface area (TPSA) is 60.4 Å². The number of carbonyl (C=O) groups is 1. The molecule has 1 aliphatic rings. The van der Waals surface area contributed by atoms with Gasteiger partial charge in [-0.05, 0) is 33.6 Å². The summed E-state index contributed by atoms with van der Waals surface area (Å²) in [4.78, 5) is 12.1. The largest absolute Gasteiger partial charge is 0.459 e. The molecule has 1 saturated carbocycles. The summed E-state index contributed by atoms with van der Waals surface area (Å²) in [7, 11) is 1.50. The standard InChI is InChI=1S/C11H19ClO4S/c1-10(2,3)16-9(13)11(17(12,14)15)7-5-4-6-8-11/h4-8H2,1-3H3. The fourth-order valence-electron chi connectivity index (χ4n) is 2.04. The van der Waals surface area contributed by atoms with Crippen LogP contribution in [0.3, 0.4) is 0 Å². The minimum Gasteiger partial charge on any atom is -0.459 e. The highest BCUT2D eigenvalue weighted by Gasteiger charge is 2.52. The zero-order valence-electron chi connectivity index (χ0n) is 10.5. The van der Waals surface area contributed by atoms with Gasteiger partial charge in [0.1, 0.15) is 5.60 Å². The highest BCUT2D eigenvalue weighted by atomic mass is 35.7. The zero-order valence-corrected chi connectivity index (χ0v) is 12.0. The molecule has 0 aromatic carbocycles. The van der Waals surface area contributed by atoms with E-state index in [-0.39, 0.29) is 12.8 Å². The van der Waals surface area contributed by atoms with Crippen molar-refractivity contribution >= 4 is 25.7 Å². The Bertz CT molecular complexity index is 388. The van der Waals surface area contributed by atoms with E-state index in [2.05, 4.69) is 0 Å². The summed E-state index contributed by atoms with van der Waals surface area (Å²) in [5, 5.41) is 0. The predicted octanol–water partition coefficient (Wildman–Crippen LogP) is 2.60. The molecule has 0 atom stereocenters. The van der Waals surface area contributed by atoms with Crippen LogP contribution in [0.5, 0.6) is 0 Å². The number of esters is 1. The molecule has 6 heteroatoms. The van der Waals surface area contributed by atoms with Crippen molar-refractivity contribution in [3.05, 3.63) is 0 Å². The van der Waals surface area contributed by atoms with Crippen molar-refractivity contribution in [1.82, 2.24) is 0 Å². The van der Waals surface area contributed by atoms with Crippen LogP contribution in [0.2, 0.25) is 0 Å². The van der Waals surface area contributed by atoms with Gasteiger partial charge in [-0.15, -0.1) is 0 Å². The average molecular weight is 283 g/mol. The second kappa shape index (κ2) is 4.76. The first-order chi connectivity index (χ1) is 7.58. The first kappa shape index (κ1) is 14.8. The van der Waals surface area contributed by atoms with E-state index in [1.807, 2.05) is 0 Å². The van der Waals surface area contributed by atoms with E-state index < -0.39 is 25.4 Å². The van der Waals surface area contributed by atoms with E-state index in [4.69, 9.17) is 15.4 Å². The van der Waals surface area contributed by atoms with Gasteiger partial charge < -0.3 is 4.74 Å². The van der Waals surface area contributed by atoms with Gasteiger partial charge in [-0.2, -0.15) is 0 Å². The molecule has 0 radical (unpaired) electrons. The molecule has 1 aliphatic carbocycles. The molecule has 0 unspecified atom stereocenters. The van der Waals surface area contributed by atoms with Crippen molar-refractivity contribution in [3.63, 3.8) is 0 Å². The lowest BCUT2D eigenvalue weighted by Gasteiger charge is -2.34. The molecule has 17 heavy (non-hydrogen) atoms. The van der Waals surface area contributed by atoms with E-state index >= 15 is 0 Å². The van der Waals surface area contributed by atoms with Gasteiger partial charge in [-0.1, -0.05) is 19.3 Å². The molecule has 4 nitrogen and oxygen atoms in total. The molecule has 1 fully saturated rings. The van der Waals surface area contributed by atoms with Crippen LogP contribution in [0.4, 0.5) is 0 Å². The van der Waals surface area contributed by atoms with Gasteiger partial charge in [0.25, 0.3) is 0 Å². The number of halogens is 1. The maximum atomic E-state index is 12.1. The molecule has 1 rings (SSSR count). The van der Waals surface area contributed by atoms with Crippen molar-refractivity contribution in [2.45, 2.75) is 63.2 Å². The number of carbonyl (C=O) groups excluding carboxylic acids is 1. The fourth-order valence-corrected chi connectivity index (χ4v) is 3.71. The zero-order chi connectivity index (χ0) is 13.3. The minimum atomic E-state index is -3.96. The Balaban J connectivity index is 3.04. The molecular formula is C11H19ClO4S. The number of hydrogen-bond acceptors (Lipinski definition) is 4. The quantitative estimate of drug-likeness (QED) is 0.577. The van der Waals surface area contributed by atoms with Gasteiger partial charge >= 0.3 is 5.97 Å². The van der Waals surface area contributed by atoms with Crippen LogP contribution in [0.15, 0.2) is 0 Å². The van der Waals surface area contributed by atoms with Crippen molar-refractivity contribution in [1.29, 1.82) is 0 Å². The lowest BCUT2D eigenvalue weighted by Crippen LogP contribution is -2.49. The molecule has 0 aliphatic heterocycles. The summed E-state index contributed by atoms with van der Waals surface area (Å²) in [6, 6.07) is 0. The Morgan fingerprint density at radius 3 is 2.00 bits per heavy atom. The van der Waals surface area contributed by atoms with Crippen molar-refractivity contribution < 1.29 is 17.9 Å². The number of rotatable bonds is 2. The second-order valence-corrected chi connectivity index (χ2v) is 8.37. The lowest BCUT2D eigenvalue weighted by atomic mass is 9.88. The molecular weight excluding hydrogens is 264 g/mol. The Labute approximate surface area is 107 Å². The van der Waals surface area contributed by atoms with Crippen LogP contribution >= 0.6 is 10.7 Å². The summed E-state index contributed by atoms with van der Waals surface area (Å²) in [6.45, 7) is 5.13. The Morgan fingerprint density at radius 2 is 1.65 bits per heavy atom. The smallest absolute Gasteiger partial charge is 0.329 e. The van der Waals surface area contributed by atoms with Crippen molar-refractivity contribution in [3.8, 4) is 0 Å². The monoisotopic (exact) mass is 282 g/mol. The van der Waals surface area contributed by atoms with Crippen LogP contribution in [0.25, 0.3) is 0 Å². The third-order valence-corrected chi connectivity index (χ3v) is 5.29. The van der Waals surface area contributed by atoms with Gasteiger partial charge in [0, 0.05) is 10.7 Å². The maximum Gasteiger partial charge on any atom is 0.329 e. The van der Waals surface area contributed by atoms with E-state index in [9.17, 15) is 13.2 Å². The van der Waals surface area contributed by atoms with Crippen LogP contribution in [0.1, 0.15) is 52.9 Å². The average Bonchev–Trinajstić information content (AvgIpc) is 2.14. The third kappa shape index (κ3) is 3.35. The molecule has 0 aromatic rings. The molecule has 0 amide bonds. The molecule has 0 N–H and O–H groups in total. The number of hydrogen-bond donors (Lipinski definition) is 0. The molecule has 0 spiro atoms. The van der Waals surface area contributed by atoms with E-state index in [1.165, 1.54) is 0 Å². The third-order valence-electron chi connectivity index (χ3n) is 2.90. The van der Waals surface area contributed by atoms with Gasteiger partial charge in [0.15, 0.2) is 4.75 Å². The predicted molar refractivity (Wildman–Crippen MR) is 66.4 cm³/mol. The Kier molecular flexibility index (Phi) is 4.14. The van der Waals surface area contributed by atoms with E-state index in [0.717, 1.165) is 6.42 Å². The first-order valence-electron chi connectivity index (χ1n) is 5.76. The highest BCUT2D eigenvalue weighted by Crippen LogP contribution is 2.39. The summed E-state index contributed by atoms with van der Waals surface area (Å²) in [5.74, 6) is -0.709. The maximum absolute atomic E-state index is 12.1.